The molecule has 15 heavy (non-hydrogen) atoms. The fraction of sp³-hybridized carbons (Fsp3) is 0.462. The van der Waals surface area contributed by atoms with Crippen LogP contribution in [0.25, 0.3) is 0 Å². The zero-order chi connectivity index (χ0) is 10.7. The van der Waals surface area contributed by atoms with Crippen LogP contribution >= 0.6 is 0 Å². The van der Waals surface area contributed by atoms with E-state index < -0.39 is 0 Å². The number of ketones is 1. The number of benzene rings is 1. The fourth-order valence-electron chi connectivity index (χ4n) is 1.74. The topological polar surface area (TPSA) is 20.3 Å². The average Bonchev–Trinajstić information content (AvgIpc) is 3.10. The predicted molar refractivity (Wildman–Crippen MR) is 61.0 cm³/mol. The molecule has 0 unspecified atom stereocenters. The number of carbonyl (C=O) groups excluding carboxylic acids is 1. The number of carbonyl (C=O) groups is 1. The van der Waals surface area contributed by atoms with Gasteiger partial charge in [0.15, 0.2) is 5.78 Å². The number of Topliss-reactive ketones (excluding diaryl/α,β-unsaturated/α-hetero) is 1. The lowest BCUT2D eigenvalue weighted by atomic mass is 10.1. The molecule has 1 fully saturated rings. The highest BCUT2D eigenvalue weighted by molar-refractivity contribution is 5.96. The summed E-state index contributed by atoms with van der Waals surface area (Å²) in [6, 6.07) is 10.3. The molecule has 0 amide bonds. The monoisotopic (exact) mass is 203 g/mol. The summed E-state index contributed by atoms with van der Waals surface area (Å²) in [6.07, 6.45) is 3.24. The highest BCUT2D eigenvalue weighted by Crippen LogP contribution is 2.25. The lowest BCUT2D eigenvalue weighted by molar-refractivity contribution is 0.0968. The van der Waals surface area contributed by atoms with Crippen LogP contribution in [0.1, 0.15) is 29.6 Å². The molecule has 0 saturated heterocycles. The third kappa shape index (κ3) is 2.90. The summed E-state index contributed by atoms with van der Waals surface area (Å²) in [7, 11) is 2.11. The molecule has 1 saturated carbocycles. The highest BCUT2D eigenvalue weighted by atomic mass is 16.1. The lowest BCUT2D eigenvalue weighted by Gasteiger charge is -2.14. The maximum Gasteiger partial charge on any atom is 0.164 e. The number of hydrogen-bond acceptors (Lipinski definition) is 2. The molecule has 1 aromatic carbocycles. The first-order valence-electron chi connectivity index (χ1n) is 5.56. The molecule has 2 heteroatoms. The third-order valence-electron chi connectivity index (χ3n) is 2.96. The number of rotatable bonds is 5. The van der Waals surface area contributed by atoms with Gasteiger partial charge >= 0.3 is 0 Å². The summed E-state index contributed by atoms with van der Waals surface area (Å²) in [4.78, 5) is 14.1. The van der Waals surface area contributed by atoms with Crippen molar-refractivity contribution in [1.29, 1.82) is 0 Å². The molecule has 0 aliphatic heterocycles. The Labute approximate surface area is 90.9 Å². The van der Waals surface area contributed by atoms with Gasteiger partial charge in [0, 0.05) is 24.6 Å². The summed E-state index contributed by atoms with van der Waals surface area (Å²) >= 11 is 0. The van der Waals surface area contributed by atoms with Crippen molar-refractivity contribution in [3.63, 3.8) is 0 Å². The molecule has 2 rings (SSSR count). The molecule has 2 nitrogen and oxygen atoms in total. The van der Waals surface area contributed by atoms with Crippen molar-refractivity contribution < 1.29 is 4.79 Å². The van der Waals surface area contributed by atoms with E-state index in [4.69, 9.17) is 0 Å². The van der Waals surface area contributed by atoms with Crippen LogP contribution < -0.4 is 0 Å². The SMILES string of the molecule is CN(CCC(=O)c1ccccc1)C1CC1. The summed E-state index contributed by atoms with van der Waals surface area (Å²) in [6.45, 7) is 0.887. The van der Waals surface area contributed by atoms with Gasteiger partial charge in [0.25, 0.3) is 0 Å². The quantitative estimate of drug-likeness (QED) is 0.685. The molecule has 0 spiro atoms. The minimum atomic E-state index is 0.253. The Kier molecular flexibility index (Phi) is 3.17. The maximum absolute atomic E-state index is 11.8. The van der Waals surface area contributed by atoms with Crippen LogP contribution in [-0.2, 0) is 0 Å². The molecule has 0 heterocycles. The molecular weight excluding hydrogens is 186 g/mol. The van der Waals surface area contributed by atoms with E-state index in [-0.39, 0.29) is 5.78 Å². The minimum absolute atomic E-state index is 0.253. The average molecular weight is 203 g/mol. The van der Waals surface area contributed by atoms with Gasteiger partial charge in [-0.1, -0.05) is 30.3 Å². The normalized spacial score (nSPS) is 15.6. The van der Waals surface area contributed by atoms with Gasteiger partial charge in [-0.3, -0.25) is 4.79 Å². The zero-order valence-corrected chi connectivity index (χ0v) is 9.15. The van der Waals surface area contributed by atoms with E-state index in [1.165, 1.54) is 12.8 Å². The van der Waals surface area contributed by atoms with Gasteiger partial charge < -0.3 is 4.90 Å². The van der Waals surface area contributed by atoms with Crippen molar-refractivity contribution in [3.8, 4) is 0 Å². The van der Waals surface area contributed by atoms with Crippen molar-refractivity contribution >= 4 is 5.78 Å². The Balaban J connectivity index is 1.82. The molecule has 80 valence electrons. The molecular formula is C13H17NO. The molecule has 1 aliphatic carbocycles. The maximum atomic E-state index is 11.8. The number of nitrogens with zero attached hydrogens (tertiary/aromatic N) is 1. The Bertz CT molecular complexity index is 330. The molecule has 1 aliphatic rings. The first kappa shape index (κ1) is 10.4. The molecule has 0 aromatic heterocycles. The number of hydrogen-bond donors (Lipinski definition) is 0. The van der Waals surface area contributed by atoms with Crippen molar-refractivity contribution in [2.24, 2.45) is 0 Å². The van der Waals surface area contributed by atoms with Gasteiger partial charge in [0.05, 0.1) is 0 Å². The summed E-state index contributed by atoms with van der Waals surface area (Å²) < 4.78 is 0. The van der Waals surface area contributed by atoms with E-state index in [0.29, 0.717) is 6.42 Å². The van der Waals surface area contributed by atoms with Crippen LogP contribution in [0.5, 0.6) is 0 Å². The Morgan fingerprint density at radius 1 is 1.33 bits per heavy atom. The molecule has 0 N–H and O–H groups in total. The zero-order valence-electron chi connectivity index (χ0n) is 9.15. The van der Waals surface area contributed by atoms with Crippen LogP contribution in [0.4, 0.5) is 0 Å². The van der Waals surface area contributed by atoms with Gasteiger partial charge in [-0.05, 0) is 19.9 Å². The second-order valence-corrected chi connectivity index (χ2v) is 4.25. The highest BCUT2D eigenvalue weighted by Gasteiger charge is 2.25. The van der Waals surface area contributed by atoms with E-state index in [2.05, 4.69) is 11.9 Å². The van der Waals surface area contributed by atoms with Crippen molar-refractivity contribution in [2.45, 2.75) is 25.3 Å². The van der Waals surface area contributed by atoms with E-state index in [1.54, 1.807) is 0 Å². The largest absolute Gasteiger partial charge is 0.303 e. The standard InChI is InChI=1S/C13H17NO/c1-14(12-7-8-12)10-9-13(15)11-5-3-2-4-6-11/h2-6,12H,7-10H2,1H3. The molecule has 1 aromatic rings. The van der Waals surface area contributed by atoms with Crippen LogP contribution in [0.15, 0.2) is 30.3 Å². The van der Waals surface area contributed by atoms with Gasteiger partial charge in [0.1, 0.15) is 0 Å². The Morgan fingerprint density at radius 2 is 2.00 bits per heavy atom. The van der Waals surface area contributed by atoms with E-state index in [1.807, 2.05) is 30.3 Å². The van der Waals surface area contributed by atoms with Gasteiger partial charge in [-0.2, -0.15) is 0 Å². The van der Waals surface area contributed by atoms with Crippen LogP contribution in [0, 0.1) is 0 Å². The minimum Gasteiger partial charge on any atom is -0.303 e. The van der Waals surface area contributed by atoms with E-state index in [0.717, 1.165) is 18.2 Å². The van der Waals surface area contributed by atoms with Crippen molar-refractivity contribution in [1.82, 2.24) is 4.90 Å². The van der Waals surface area contributed by atoms with Gasteiger partial charge in [0.2, 0.25) is 0 Å². The van der Waals surface area contributed by atoms with Gasteiger partial charge in [-0.25, -0.2) is 0 Å². The van der Waals surface area contributed by atoms with Gasteiger partial charge in [-0.15, -0.1) is 0 Å². The third-order valence-corrected chi connectivity index (χ3v) is 2.96. The first-order valence-corrected chi connectivity index (χ1v) is 5.56. The van der Waals surface area contributed by atoms with Crippen LogP contribution in [0.3, 0.4) is 0 Å². The van der Waals surface area contributed by atoms with E-state index >= 15 is 0 Å². The second-order valence-electron chi connectivity index (χ2n) is 4.25. The molecule has 0 atom stereocenters. The smallest absolute Gasteiger partial charge is 0.164 e. The summed E-state index contributed by atoms with van der Waals surface area (Å²) in [5, 5.41) is 0. The first-order chi connectivity index (χ1) is 7.27. The molecule has 0 bridgehead atoms. The van der Waals surface area contributed by atoms with Crippen LogP contribution in [-0.4, -0.2) is 30.3 Å². The lowest BCUT2D eigenvalue weighted by Crippen LogP contribution is -2.23. The summed E-state index contributed by atoms with van der Waals surface area (Å²) in [5.74, 6) is 0.253. The second kappa shape index (κ2) is 4.58. The van der Waals surface area contributed by atoms with E-state index in [9.17, 15) is 4.79 Å². The Morgan fingerprint density at radius 3 is 2.60 bits per heavy atom. The van der Waals surface area contributed by atoms with Crippen LogP contribution in [0.2, 0.25) is 0 Å². The fourth-order valence-corrected chi connectivity index (χ4v) is 1.74. The molecule has 0 radical (unpaired) electrons. The van der Waals surface area contributed by atoms with Crippen molar-refractivity contribution in [2.75, 3.05) is 13.6 Å². The summed E-state index contributed by atoms with van der Waals surface area (Å²) in [5.41, 5.74) is 0.835. The van der Waals surface area contributed by atoms with Crippen molar-refractivity contribution in [3.05, 3.63) is 35.9 Å². The Hall–Kier alpha value is -1.15. The predicted octanol–water partition coefficient (Wildman–Crippen LogP) is 2.35.